The number of nitrogens with one attached hydrogen (secondary N) is 2. The molecule has 0 aliphatic heterocycles. The Morgan fingerprint density at radius 3 is 2.58 bits per heavy atom. The predicted octanol–water partition coefficient (Wildman–Crippen LogP) is 0.117. The van der Waals surface area contributed by atoms with E-state index in [2.05, 4.69) is 26.0 Å². The minimum absolute atomic E-state index is 0.0306. The van der Waals surface area contributed by atoms with E-state index in [9.17, 15) is 17.6 Å². The summed E-state index contributed by atoms with van der Waals surface area (Å²) in [7, 11) is -3.86. The van der Waals surface area contributed by atoms with Crippen molar-refractivity contribution in [1.82, 2.24) is 10.0 Å². The Kier molecular flexibility index (Phi) is 5.09. The molecule has 1 aromatic rings. The van der Waals surface area contributed by atoms with Gasteiger partial charge in [0.1, 0.15) is 5.82 Å². The van der Waals surface area contributed by atoms with Gasteiger partial charge < -0.3 is 16.8 Å². The third kappa shape index (κ3) is 4.33. The molecule has 7 nitrogen and oxygen atoms in total. The number of rotatable bonds is 5. The quantitative estimate of drug-likeness (QED) is 0.442. The molecule has 6 N–H and O–H groups in total. The lowest BCUT2D eigenvalue weighted by molar-refractivity contribution is 0.249. The van der Waals surface area contributed by atoms with Gasteiger partial charge >= 0.3 is 6.03 Å². The fraction of sp³-hybridized carbons (Fsp3) is 0.222. The van der Waals surface area contributed by atoms with Gasteiger partial charge in [0.15, 0.2) is 0 Å². The molecule has 0 atom stereocenters. The van der Waals surface area contributed by atoms with E-state index in [4.69, 9.17) is 11.5 Å². The number of carbonyl (C=O) groups is 1. The van der Waals surface area contributed by atoms with E-state index in [1.165, 1.54) is 0 Å². The fourth-order valence-electron chi connectivity index (χ4n) is 1.20. The molecule has 0 heterocycles. The van der Waals surface area contributed by atoms with Gasteiger partial charge in [0, 0.05) is 17.6 Å². The molecular weight excluding hydrogens is 343 g/mol. The lowest BCUT2D eigenvalue weighted by Crippen LogP contribution is -2.37. The van der Waals surface area contributed by atoms with Crippen LogP contribution in [0.2, 0.25) is 0 Å². The van der Waals surface area contributed by atoms with Crippen molar-refractivity contribution in [3.63, 3.8) is 0 Å². The van der Waals surface area contributed by atoms with Crippen LogP contribution in [0.5, 0.6) is 0 Å². The molecular formula is C9H12BrFN4O3S. The summed E-state index contributed by atoms with van der Waals surface area (Å²) in [5.74, 6) is -0.721. The molecule has 0 aliphatic carbocycles. The summed E-state index contributed by atoms with van der Waals surface area (Å²) >= 11 is 2.94. The minimum atomic E-state index is -3.86. The van der Waals surface area contributed by atoms with Crippen LogP contribution in [0, 0.1) is 5.82 Å². The van der Waals surface area contributed by atoms with E-state index in [-0.39, 0.29) is 28.1 Å². The number of urea groups is 1. The molecule has 0 radical (unpaired) electrons. The van der Waals surface area contributed by atoms with Gasteiger partial charge in [-0.25, -0.2) is 22.3 Å². The van der Waals surface area contributed by atoms with Gasteiger partial charge in [-0.15, -0.1) is 0 Å². The number of anilines is 1. The van der Waals surface area contributed by atoms with Crippen molar-refractivity contribution >= 4 is 37.7 Å². The molecule has 0 aromatic heterocycles. The molecule has 106 valence electrons. The number of nitrogen functional groups attached to an aromatic ring is 1. The zero-order chi connectivity index (χ0) is 14.6. The molecule has 10 heteroatoms. The van der Waals surface area contributed by atoms with E-state index in [0.717, 1.165) is 12.1 Å². The Labute approximate surface area is 117 Å². The van der Waals surface area contributed by atoms with Crippen LogP contribution in [-0.2, 0) is 10.0 Å². The minimum Gasteiger partial charge on any atom is -0.396 e. The standard InChI is InChI=1S/C9H12BrFN4O3S/c10-5-3-6(11)7(12)4-8(5)19(17,18)15-2-1-14-9(13)16/h3-4,15H,1-2,12H2,(H3,13,14,16). The number of halogens is 2. The van der Waals surface area contributed by atoms with Crippen LogP contribution in [0.25, 0.3) is 0 Å². The number of amides is 2. The molecule has 1 aromatic carbocycles. The van der Waals surface area contributed by atoms with E-state index < -0.39 is 21.9 Å². The molecule has 0 unspecified atom stereocenters. The van der Waals surface area contributed by atoms with Gasteiger partial charge in [0.05, 0.1) is 10.6 Å². The Bertz CT molecular complexity index is 593. The second-order valence-corrected chi connectivity index (χ2v) is 6.08. The number of nitrogens with two attached hydrogens (primary N) is 2. The number of benzene rings is 1. The smallest absolute Gasteiger partial charge is 0.312 e. The van der Waals surface area contributed by atoms with E-state index in [1.54, 1.807) is 0 Å². The van der Waals surface area contributed by atoms with Crippen molar-refractivity contribution in [1.29, 1.82) is 0 Å². The molecule has 0 saturated carbocycles. The fourth-order valence-corrected chi connectivity index (χ4v) is 3.28. The highest BCUT2D eigenvalue weighted by Gasteiger charge is 2.19. The summed E-state index contributed by atoms with van der Waals surface area (Å²) in [6, 6.07) is 1.21. The van der Waals surface area contributed by atoms with Crippen LogP contribution in [0.15, 0.2) is 21.5 Å². The molecule has 0 saturated heterocycles. The SMILES string of the molecule is NC(=O)NCCNS(=O)(=O)c1cc(N)c(F)cc1Br. The summed E-state index contributed by atoms with van der Waals surface area (Å²) in [6.07, 6.45) is 0. The first-order valence-corrected chi connectivity index (χ1v) is 7.29. The maximum absolute atomic E-state index is 13.1. The van der Waals surface area contributed by atoms with Crippen LogP contribution >= 0.6 is 15.9 Å². The van der Waals surface area contributed by atoms with Crippen molar-refractivity contribution in [2.75, 3.05) is 18.8 Å². The summed E-state index contributed by atoms with van der Waals surface area (Å²) in [5.41, 5.74) is 9.86. The summed E-state index contributed by atoms with van der Waals surface area (Å²) < 4.78 is 39.2. The number of hydrogen-bond donors (Lipinski definition) is 4. The van der Waals surface area contributed by atoms with Gasteiger partial charge in [0.25, 0.3) is 0 Å². The van der Waals surface area contributed by atoms with Crippen LogP contribution in [0.4, 0.5) is 14.9 Å². The Morgan fingerprint density at radius 1 is 1.37 bits per heavy atom. The van der Waals surface area contributed by atoms with E-state index in [0.29, 0.717) is 0 Å². The third-order valence-electron chi connectivity index (χ3n) is 2.06. The lowest BCUT2D eigenvalue weighted by Gasteiger charge is -2.10. The van der Waals surface area contributed by atoms with Crippen molar-refractivity contribution in [2.45, 2.75) is 4.90 Å². The maximum atomic E-state index is 13.1. The first-order chi connectivity index (χ1) is 8.74. The Morgan fingerprint density at radius 2 is 2.00 bits per heavy atom. The van der Waals surface area contributed by atoms with E-state index in [1.807, 2.05) is 0 Å². The molecule has 19 heavy (non-hydrogen) atoms. The molecule has 1 rings (SSSR count). The van der Waals surface area contributed by atoms with Gasteiger partial charge in [-0.05, 0) is 28.1 Å². The summed E-state index contributed by atoms with van der Waals surface area (Å²) in [5, 5.41) is 2.22. The predicted molar refractivity (Wildman–Crippen MR) is 71.3 cm³/mol. The monoisotopic (exact) mass is 354 g/mol. The second kappa shape index (κ2) is 6.17. The van der Waals surface area contributed by atoms with Gasteiger partial charge in [-0.2, -0.15) is 0 Å². The lowest BCUT2D eigenvalue weighted by atomic mass is 10.3. The highest BCUT2D eigenvalue weighted by Crippen LogP contribution is 2.26. The average molecular weight is 355 g/mol. The van der Waals surface area contributed by atoms with Crippen LogP contribution in [-0.4, -0.2) is 27.5 Å². The van der Waals surface area contributed by atoms with Gasteiger partial charge in [-0.3, -0.25) is 0 Å². The highest BCUT2D eigenvalue weighted by molar-refractivity contribution is 9.10. The van der Waals surface area contributed by atoms with Crippen molar-refractivity contribution < 1.29 is 17.6 Å². The maximum Gasteiger partial charge on any atom is 0.312 e. The van der Waals surface area contributed by atoms with Crippen molar-refractivity contribution in [3.8, 4) is 0 Å². The molecule has 0 fully saturated rings. The van der Waals surface area contributed by atoms with E-state index >= 15 is 0 Å². The number of hydrogen-bond acceptors (Lipinski definition) is 4. The first kappa shape index (κ1) is 15.7. The van der Waals surface area contributed by atoms with Crippen molar-refractivity contribution in [2.24, 2.45) is 5.73 Å². The normalized spacial score (nSPS) is 11.3. The number of sulfonamides is 1. The summed E-state index contributed by atoms with van der Waals surface area (Å²) in [6.45, 7) is -0.0299. The molecule has 0 aliphatic rings. The van der Waals surface area contributed by atoms with Crippen LogP contribution in [0.3, 0.4) is 0 Å². The summed E-state index contributed by atoms with van der Waals surface area (Å²) in [4.78, 5) is 10.2. The van der Waals surface area contributed by atoms with Crippen LogP contribution < -0.4 is 21.5 Å². The van der Waals surface area contributed by atoms with Crippen molar-refractivity contribution in [3.05, 3.63) is 22.4 Å². The largest absolute Gasteiger partial charge is 0.396 e. The van der Waals surface area contributed by atoms with Crippen LogP contribution in [0.1, 0.15) is 0 Å². The average Bonchev–Trinajstić information content (AvgIpc) is 2.29. The van der Waals surface area contributed by atoms with Gasteiger partial charge in [-0.1, -0.05) is 0 Å². The Hall–Kier alpha value is -1.39. The molecule has 0 bridgehead atoms. The molecule has 0 spiro atoms. The molecule has 2 amide bonds. The first-order valence-electron chi connectivity index (χ1n) is 5.01. The zero-order valence-corrected chi connectivity index (χ0v) is 12.0. The highest BCUT2D eigenvalue weighted by atomic mass is 79.9. The topological polar surface area (TPSA) is 127 Å². The Balaban J connectivity index is 2.83. The number of carbonyl (C=O) groups excluding carboxylic acids is 1. The zero-order valence-electron chi connectivity index (χ0n) is 9.61. The second-order valence-electron chi connectivity index (χ2n) is 3.49. The van der Waals surface area contributed by atoms with Gasteiger partial charge in [0.2, 0.25) is 10.0 Å². The number of primary amides is 1. The third-order valence-corrected chi connectivity index (χ3v) is 4.48.